The second-order valence-electron chi connectivity index (χ2n) is 4.49. The largest absolute Gasteiger partial charge is 0.345 e. The smallest absolute Gasteiger partial charge is 0.282 e. The lowest BCUT2D eigenvalue weighted by molar-refractivity contribution is -0.385. The van der Waals surface area contributed by atoms with Crippen LogP contribution in [-0.4, -0.2) is 10.8 Å². The molecule has 0 aromatic heterocycles. The van der Waals surface area contributed by atoms with Gasteiger partial charge in [0.25, 0.3) is 11.6 Å². The predicted octanol–water partition coefficient (Wildman–Crippen LogP) is 3.74. The van der Waals surface area contributed by atoms with Gasteiger partial charge < -0.3 is 5.32 Å². The molecule has 1 unspecified atom stereocenters. The fraction of sp³-hybridized carbons (Fsp3) is 0.133. The highest BCUT2D eigenvalue weighted by Crippen LogP contribution is 2.23. The van der Waals surface area contributed by atoms with Gasteiger partial charge in [-0.3, -0.25) is 14.9 Å². The molecule has 1 amide bonds. The quantitative estimate of drug-likeness (QED) is 0.691. The van der Waals surface area contributed by atoms with E-state index in [1.54, 1.807) is 31.2 Å². The molecular weight excluding hydrogens is 292 g/mol. The summed E-state index contributed by atoms with van der Waals surface area (Å²) in [6.45, 7) is 1.77. The van der Waals surface area contributed by atoms with Gasteiger partial charge in [-0.1, -0.05) is 41.9 Å². The average molecular weight is 305 g/mol. The van der Waals surface area contributed by atoms with Gasteiger partial charge in [-0.2, -0.15) is 0 Å². The number of hydrogen-bond donors (Lipinski definition) is 1. The normalized spacial score (nSPS) is 11.7. The summed E-state index contributed by atoms with van der Waals surface area (Å²) < 4.78 is 0. The summed E-state index contributed by atoms with van der Waals surface area (Å²) in [6, 6.07) is 12.6. The number of rotatable bonds is 4. The maximum Gasteiger partial charge on any atom is 0.282 e. The number of nitro benzene ring substituents is 1. The van der Waals surface area contributed by atoms with Crippen molar-refractivity contribution < 1.29 is 9.72 Å². The number of nitrogens with one attached hydrogen (secondary N) is 1. The van der Waals surface area contributed by atoms with Crippen LogP contribution in [0, 0.1) is 10.1 Å². The zero-order valence-electron chi connectivity index (χ0n) is 11.2. The molecule has 108 valence electrons. The van der Waals surface area contributed by atoms with E-state index in [0.29, 0.717) is 5.02 Å². The van der Waals surface area contributed by atoms with Crippen LogP contribution in [-0.2, 0) is 0 Å². The summed E-state index contributed by atoms with van der Waals surface area (Å²) in [7, 11) is 0. The Kier molecular flexibility index (Phi) is 4.55. The summed E-state index contributed by atoms with van der Waals surface area (Å²) in [4.78, 5) is 22.6. The van der Waals surface area contributed by atoms with E-state index in [4.69, 9.17) is 11.6 Å². The summed E-state index contributed by atoms with van der Waals surface area (Å²) >= 11 is 6.07. The van der Waals surface area contributed by atoms with E-state index in [2.05, 4.69) is 5.32 Å². The second kappa shape index (κ2) is 6.37. The molecule has 0 saturated heterocycles. The number of para-hydroxylation sites is 1. The molecule has 0 bridgehead atoms. The molecular formula is C15H13ClN2O3. The highest BCUT2D eigenvalue weighted by molar-refractivity contribution is 6.31. The maximum atomic E-state index is 12.2. The molecule has 6 heteroatoms. The molecule has 21 heavy (non-hydrogen) atoms. The molecule has 2 aromatic carbocycles. The first-order valence-electron chi connectivity index (χ1n) is 6.29. The van der Waals surface area contributed by atoms with Crippen molar-refractivity contribution in [2.75, 3.05) is 0 Å². The van der Waals surface area contributed by atoms with Crippen LogP contribution in [0.25, 0.3) is 0 Å². The van der Waals surface area contributed by atoms with Crippen molar-refractivity contribution in [1.29, 1.82) is 0 Å². The first-order valence-corrected chi connectivity index (χ1v) is 6.67. The predicted molar refractivity (Wildman–Crippen MR) is 80.4 cm³/mol. The van der Waals surface area contributed by atoms with E-state index >= 15 is 0 Å². The molecule has 2 aromatic rings. The van der Waals surface area contributed by atoms with Gasteiger partial charge in [-0.25, -0.2) is 0 Å². The second-order valence-corrected chi connectivity index (χ2v) is 4.90. The molecule has 0 aliphatic heterocycles. The van der Waals surface area contributed by atoms with Crippen molar-refractivity contribution in [2.45, 2.75) is 13.0 Å². The molecule has 0 aliphatic rings. The Morgan fingerprint density at radius 3 is 2.48 bits per heavy atom. The molecule has 0 radical (unpaired) electrons. The Hall–Kier alpha value is -2.40. The van der Waals surface area contributed by atoms with E-state index in [-0.39, 0.29) is 17.3 Å². The molecule has 2 rings (SSSR count). The fourth-order valence-corrected chi connectivity index (χ4v) is 2.30. The van der Waals surface area contributed by atoms with Gasteiger partial charge >= 0.3 is 0 Å². The van der Waals surface area contributed by atoms with Gasteiger partial charge in [0.15, 0.2) is 0 Å². The van der Waals surface area contributed by atoms with Crippen LogP contribution >= 0.6 is 11.6 Å². The minimum Gasteiger partial charge on any atom is -0.345 e. The third-order valence-corrected chi connectivity index (χ3v) is 3.41. The zero-order valence-corrected chi connectivity index (χ0v) is 12.0. The molecule has 0 heterocycles. The van der Waals surface area contributed by atoms with Crippen LogP contribution in [0.15, 0.2) is 48.5 Å². The fourth-order valence-electron chi connectivity index (χ4n) is 2.00. The number of nitro groups is 1. The molecule has 0 spiro atoms. The highest BCUT2D eigenvalue weighted by Gasteiger charge is 2.21. The standard InChI is InChI=1S/C15H13ClN2O3/c1-10(11-6-2-4-8-13(11)16)17-15(19)12-7-3-5-9-14(12)18(20)21/h2-10H,1H3,(H,17,19). The van der Waals surface area contributed by atoms with Gasteiger partial charge in [0, 0.05) is 11.1 Å². The van der Waals surface area contributed by atoms with Gasteiger partial charge in [-0.15, -0.1) is 0 Å². The SMILES string of the molecule is CC(NC(=O)c1ccccc1[N+](=O)[O-])c1ccccc1Cl. The number of amides is 1. The molecule has 0 saturated carbocycles. The van der Waals surface area contributed by atoms with Gasteiger partial charge in [-0.05, 0) is 24.6 Å². The maximum absolute atomic E-state index is 12.2. The first kappa shape index (κ1) is 15.0. The minimum absolute atomic E-state index is 0.0291. The molecule has 0 aliphatic carbocycles. The van der Waals surface area contributed by atoms with Gasteiger partial charge in [0.1, 0.15) is 5.56 Å². The van der Waals surface area contributed by atoms with E-state index < -0.39 is 10.8 Å². The van der Waals surface area contributed by atoms with E-state index in [9.17, 15) is 14.9 Å². The van der Waals surface area contributed by atoms with Crippen LogP contribution in [0.1, 0.15) is 28.9 Å². The Bertz CT molecular complexity index is 688. The number of nitrogens with zero attached hydrogens (tertiary/aromatic N) is 1. The lowest BCUT2D eigenvalue weighted by atomic mass is 10.1. The van der Waals surface area contributed by atoms with Gasteiger partial charge in [0.2, 0.25) is 0 Å². The molecule has 1 N–H and O–H groups in total. The van der Waals surface area contributed by atoms with E-state index in [0.717, 1.165) is 5.56 Å². The average Bonchev–Trinajstić information content (AvgIpc) is 2.47. The summed E-state index contributed by atoms with van der Waals surface area (Å²) in [6.07, 6.45) is 0. The molecule has 1 atom stereocenters. The van der Waals surface area contributed by atoms with Crippen LogP contribution in [0.2, 0.25) is 5.02 Å². The van der Waals surface area contributed by atoms with Crippen molar-refractivity contribution >= 4 is 23.2 Å². The topological polar surface area (TPSA) is 72.2 Å². The Morgan fingerprint density at radius 1 is 1.19 bits per heavy atom. The van der Waals surface area contributed by atoms with Crippen LogP contribution in [0.3, 0.4) is 0 Å². The van der Waals surface area contributed by atoms with Crippen molar-refractivity contribution in [1.82, 2.24) is 5.32 Å². The van der Waals surface area contributed by atoms with Crippen molar-refractivity contribution in [3.05, 3.63) is 74.8 Å². The number of halogens is 1. The van der Waals surface area contributed by atoms with Crippen molar-refractivity contribution in [2.24, 2.45) is 0 Å². The Labute approximate surface area is 126 Å². The summed E-state index contributed by atoms with van der Waals surface area (Å²) in [5.74, 6) is -0.505. The third kappa shape index (κ3) is 3.38. The number of benzene rings is 2. The summed E-state index contributed by atoms with van der Waals surface area (Å²) in [5, 5.41) is 14.2. The number of hydrogen-bond acceptors (Lipinski definition) is 3. The van der Waals surface area contributed by atoms with Crippen LogP contribution in [0.5, 0.6) is 0 Å². The monoisotopic (exact) mass is 304 g/mol. The zero-order chi connectivity index (χ0) is 15.4. The van der Waals surface area contributed by atoms with Crippen molar-refractivity contribution in [3.63, 3.8) is 0 Å². The third-order valence-electron chi connectivity index (χ3n) is 3.06. The minimum atomic E-state index is -0.574. The van der Waals surface area contributed by atoms with Gasteiger partial charge in [0.05, 0.1) is 11.0 Å². The Balaban J connectivity index is 2.23. The molecule has 0 fully saturated rings. The summed E-state index contributed by atoms with van der Waals surface area (Å²) in [5.41, 5.74) is 0.564. The van der Waals surface area contributed by atoms with Crippen LogP contribution in [0.4, 0.5) is 5.69 Å². The van der Waals surface area contributed by atoms with Crippen LogP contribution < -0.4 is 5.32 Å². The lowest BCUT2D eigenvalue weighted by Crippen LogP contribution is -2.27. The Morgan fingerprint density at radius 2 is 1.81 bits per heavy atom. The number of carbonyl (C=O) groups is 1. The lowest BCUT2D eigenvalue weighted by Gasteiger charge is -2.15. The van der Waals surface area contributed by atoms with Crippen molar-refractivity contribution in [3.8, 4) is 0 Å². The van der Waals surface area contributed by atoms with E-state index in [1.807, 2.05) is 6.07 Å². The van der Waals surface area contributed by atoms with E-state index in [1.165, 1.54) is 18.2 Å². The highest BCUT2D eigenvalue weighted by atomic mass is 35.5. The first-order chi connectivity index (χ1) is 10.0. The number of carbonyl (C=O) groups excluding carboxylic acids is 1. The molecule has 5 nitrogen and oxygen atoms in total.